The van der Waals surface area contributed by atoms with Gasteiger partial charge in [0.15, 0.2) is 4.90 Å². The number of hydrogen-bond donors (Lipinski definition) is 1. The smallest absolute Gasteiger partial charge is 0.289 e. The molecule has 0 saturated carbocycles. The molecule has 2 aromatic carbocycles. The maximum atomic E-state index is 12.7. The monoisotopic (exact) mass is 408 g/mol. The van der Waals surface area contributed by atoms with Gasteiger partial charge in [0.25, 0.3) is 5.69 Å². The number of rotatable bonds is 7. The number of benzene rings is 2. The molecule has 1 N–H and O–H groups in total. The van der Waals surface area contributed by atoms with E-state index in [2.05, 4.69) is 4.72 Å². The average molecular weight is 409 g/mol. The highest BCUT2D eigenvalue weighted by molar-refractivity contribution is 8.00. The largest absolute Gasteiger partial charge is 0.381 e. The second-order valence-electron chi connectivity index (χ2n) is 6.26. The second kappa shape index (κ2) is 8.39. The molecule has 1 aliphatic heterocycles. The van der Waals surface area contributed by atoms with Crippen molar-refractivity contribution < 1.29 is 18.1 Å². The lowest BCUT2D eigenvalue weighted by Gasteiger charge is -2.36. The molecule has 0 atom stereocenters. The third-order valence-electron chi connectivity index (χ3n) is 4.42. The summed E-state index contributed by atoms with van der Waals surface area (Å²) in [4.78, 5) is 11.2. The van der Waals surface area contributed by atoms with E-state index < -0.39 is 20.6 Å². The van der Waals surface area contributed by atoms with Crippen molar-refractivity contribution in [1.82, 2.24) is 4.72 Å². The minimum absolute atomic E-state index is 0.171. The van der Waals surface area contributed by atoms with Gasteiger partial charge >= 0.3 is 0 Å². The zero-order valence-corrected chi connectivity index (χ0v) is 16.2. The lowest BCUT2D eigenvalue weighted by atomic mass is 9.99. The number of nitro benzene ring substituents is 1. The van der Waals surface area contributed by atoms with Gasteiger partial charge in [0.05, 0.1) is 4.92 Å². The van der Waals surface area contributed by atoms with Gasteiger partial charge in [-0.15, -0.1) is 11.8 Å². The summed E-state index contributed by atoms with van der Waals surface area (Å²) in [7, 11) is -4.01. The molecule has 7 nitrogen and oxygen atoms in total. The molecule has 0 aromatic heterocycles. The van der Waals surface area contributed by atoms with Crippen LogP contribution in [0.5, 0.6) is 0 Å². The van der Waals surface area contributed by atoms with Crippen LogP contribution in [0.1, 0.15) is 12.8 Å². The predicted octanol–water partition coefficient (Wildman–Crippen LogP) is 3.21. The van der Waals surface area contributed by atoms with Gasteiger partial charge in [-0.05, 0) is 31.0 Å². The Morgan fingerprint density at radius 1 is 1.07 bits per heavy atom. The van der Waals surface area contributed by atoms with Gasteiger partial charge in [0, 0.05) is 35.5 Å². The fraction of sp³-hybridized carbons (Fsp3) is 0.333. The fourth-order valence-corrected chi connectivity index (χ4v) is 5.63. The van der Waals surface area contributed by atoms with E-state index in [-0.39, 0.29) is 16.2 Å². The van der Waals surface area contributed by atoms with Gasteiger partial charge in [-0.25, -0.2) is 13.1 Å². The van der Waals surface area contributed by atoms with E-state index in [0.717, 1.165) is 4.90 Å². The van der Waals surface area contributed by atoms with Crippen LogP contribution >= 0.6 is 11.8 Å². The standard InChI is InChI=1S/C18H20N2O5S2/c21-20(22)16-8-4-5-9-17(16)27(23,24)19-14-18(10-12-25-13-11-18)26-15-6-2-1-3-7-15/h1-9,19H,10-14H2. The van der Waals surface area contributed by atoms with Gasteiger partial charge in [0.2, 0.25) is 10.0 Å². The summed E-state index contributed by atoms with van der Waals surface area (Å²) in [6.07, 6.45) is 1.37. The van der Waals surface area contributed by atoms with Gasteiger partial charge in [-0.2, -0.15) is 0 Å². The molecule has 1 aliphatic rings. The van der Waals surface area contributed by atoms with E-state index in [0.29, 0.717) is 26.1 Å². The van der Waals surface area contributed by atoms with Crippen molar-refractivity contribution in [3.63, 3.8) is 0 Å². The summed E-state index contributed by atoms with van der Waals surface area (Å²) in [6, 6.07) is 15.1. The molecule has 2 aromatic rings. The van der Waals surface area contributed by atoms with E-state index in [1.54, 1.807) is 11.8 Å². The minimum Gasteiger partial charge on any atom is -0.381 e. The summed E-state index contributed by atoms with van der Waals surface area (Å²) in [5.41, 5.74) is -0.429. The highest BCUT2D eigenvalue weighted by atomic mass is 32.2. The lowest BCUT2D eigenvalue weighted by Crippen LogP contribution is -2.44. The van der Waals surface area contributed by atoms with Crippen molar-refractivity contribution in [2.45, 2.75) is 27.4 Å². The van der Waals surface area contributed by atoms with Crippen LogP contribution in [-0.4, -0.2) is 37.8 Å². The van der Waals surface area contributed by atoms with E-state index in [1.807, 2.05) is 30.3 Å². The van der Waals surface area contributed by atoms with Gasteiger partial charge in [0.1, 0.15) is 0 Å². The maximum Gasteiger partial charge on any atom is 0.289 e. The quantitative estimate of drug-likeness (QED) is 0.558. The highest BCUT2D eigenvalue weighted by Crippen LogP contribution is 2.40. The number of nitrogens with zero attached hydrogens (tertiary/aromatic N) is 1. The Bertz CT molecular complexity index is 897. The van der Waals surface area contributed by atoms with Crippen molar-refractivity contribution in [1.29, 1.82) is 0 Å². The van der Waals surface area contributed by atoms with Crippen molar-refractivity contribution >= 4 is 27.5 Å². The molecule has 144 valence electrons. The van der Waals surface area contributed by atoms with Crippen LogP contribution in [0.3, 0.4) is 0 Å². The third kappa shape index (κ3) is 4.86. The Balaban J connectivity index is 1.82. The molecule has 0 unspecified atom stereocenters. The van der Waals surface area contributed by atoms with E-state index >= 15 is 0 Å². The highest BCUT2D eigenvalue weighted by Gasteiger charge is 2.36. The summed E-state index contributed by atoms with van der Waals surface area (Å²) >= 11 is 1.62. The molecule has 0 spiro atoms. The van der Waals surface area contributed by atoms with Gasteiger partial charge in [-0.1, -0.05) is 30.3 Å². The Morgan fingerprint density at radius 3 is 2.37 bits per heavy atom. The summed E-state index contributed by atoms with van der Waals surface area (Å²) in [6.45, 7) is 1.27. The van der Waals surface area contributed by atoms with Crippen molar-refractivity contribution in [2.75, 3.05) is 19.8 Å². The van der Waals surface area contributed by atoms with Crippen LogP contribution in [0.15, 0.2) is 64.4 Å². The zero-order valence-electron chi connectivity index (χ0n) is 14.5. The molecule has 0 bridgehead atoms. The summed E-state index contributed by atoms with van der Waals surface area (Å²) < 4.78 is 33.2. The molecule has 0 radical (unpaired) electrons. The topological polar surface area (TPSA) is 98.5 Å². The van der Waals surface area contributed by atoms with Crippen LogP contribution in [-0.2, 0) is 14.8 Å². The van der Waals surface area contributed by atoms with Crippen LogP contribution in [0.25, 0.3) is 0 Å². The van der Waals surface area contributed by atoms with E-state index in [1.165, 1.54) is 24.3 Å². The van der Waals surface area contributed by atoms with Crippen molar-refractivity contribution in [3.05, 3.63) is 64.7 Å². The minimum atomic E-state index is -4.01. The summed E-state index contributed by atoms with van der Waals surface area (Å²) in [5, 5.41) is 11.2. The van der Waals surface area contributed by atoms with Crippen LogP contribution in [0.2, 0.25) is 0 Å². The Morgan fingerprint density at radius 2 is 1.70 bits per heavy atom. The first-order valence-electron chi connectivity index (χ1n) is 8.47. The third-order valence-corrected chi connectivity index (χ3v) is 7.36. The van der Waals surface area contributed by atoms with Crippen molar-refractivity contribution in [3.8, 4) is 0 Å². The number of ether oxygens (including phenoxy) is 1. The lowest BCUT2D eigenvalue weighted by molar-refractivity contribution is -0.387. The maximum absolute atomic E-state index is 12.7. The molecular weight excluding hydrogens is 388 g/mol. The summed E-state index contributed by atoms with van der Waals surface area (Å²) in [5.74, 6) is 0. The average Bonchev–Trinajstić information content (AvgIpc) is 2.68. The van der Waals surface area contributed by atoms with Crippen LogP contribution in [0.4, 0.5) is 5.69 Å². The molecule has 1 saturated heterocycles. The number of nitrogens with one attached hydrogen (secondary N) is 1. The van der Waals surface area contributed by atoms with Crippen LogP contribution in [0, 0.1) is 10.1 Å². The molecule has 1 heterocycles. The number of hydrogen-bond acceptors (Lipinski definition) is 6. The van der Waals surface area contributed by atoms with Crippen LogP contribution < -0.4 is 4.72 Å². The number of para-hydroxylation sites is 1. The number of thioether (sulfide) groups is 1. The zero-order chi connectivity index (χ0) is 19.3. The Kier molecular flexibility index (Phi) is 6.15. The van der Waals surface area contributed by atoms with Crippen molar-refractivity contribution in [2.24, 2.45) is 0 Å². The first-order chi connectivity index (χ1) is 12.9. The number of nitro groups is 1. The normalized spacial score (nSPS) is 16.7. The Hall–Kier alpha value is -1.94. The first kappa shape index (κ1) is 19.8. The SMILES string of the molecule is O=[N+]([O-])c1ccccc1S(=O)(=O)NCC1(Sc2ccccc2)CCOCC1. The van der Waals surface area contributed by atoms with Gasteiger partial charge < -0.3 is 4.74 Å². The molecule has 1 fully saturated rings. The van der Waals surface area contributed by atoms with E-state index in [9.17, 15) is 18.5 Å². The molecule has 9 heteroatoms. The molecule has 0 aliphatic carbocycles. The molecule has 0 amide bonds. The Labute approximate surface area is 162 Å². The van der Waals surface area contributed by atoms with Gasteiger partial charge in [-0.3, -0.25) is 10.1 Å². The predicted molar refractivity (Wildman–Crippen MR) is 103 cm³/mol. The number of sulfonamides is 1. The first-order valence-corrected chi connectivity index (χ1v) is 10.8. The molecular formula is C18H20N2O5S2. The molecule has 27 heavy (non-hydrogen) atoms. The molecule has 3 rings (SSSR count). The second-order valence-corrected chi connectivity index (χ2v) is 9.54. The fourth-order valence-electron chi connectivity index (χ4n) is 2.94. The van der Waals surface area contributed by atoms with E-state index in [4.69, 9.17) is 4.74 Å².